The van der Waals surface area contributed by atoms with Gasteiger partial charge in [0.05, 0.1) is 18.8 Å². The number of aliphatic hydroxyl groups excluding tert-OH is 1. The summed E-state index contributed by atoms with van der Waals surface area (Å²) < 4.78 is 18.7. The molecule has 3 rings (SSSR count). The van der Waals surface area contributed by atoms with Gasteiger partial charge in [-0.15, -0.1) is 5.10 Å². The van der Waals surface area contributed by atoms with Crippen molar-refractivity contribution in [2.75, 3.05) is 38.1 Å². The number of ether oxygens (including phenoxy) is 1. The number of benzene rings is 1. The monoisotopic (exact) mass is 332 g/mol. The van der Waals surface area contributed by atoms with E-state index in [4.69, 9.17) is 4.74 Å². The van der Waals surface area contributed by atoms with Gasteiger partial charge in [-0.05, 0) is 29.8 Å². The van der Waals surface area contributed by atoms with Gasteiger partial charge in [0, 0.05) is 32.4 Å². The van der Waals surface area contributed by atoms with Gasteiger partial charge in [-0.2, -0.15) is 5.10 Å². The zero-order valence-electron chi connectivity index (χ0n) is 13.3. The Kier molecular flexibility index (Phi) is 5.68. The number of nitrogens with one attached hydrogen (secondary N) is 1. The Hall–Kier alpha value is -2.09. The molecule has 0 aliphatic carbocycles. The van der Waals surface area contributed by atoms with Gasteiger partial charge in [0.1, 0.15) is 11.6 Å². The fraction of sp³-hybridized carbons (Fsp3) is 0.412. The number of hydrogen-bond acceptors (Lipinski definition) is 6. The van der Waals surface area contributed by atoms with Gasteiger partial charge in [0.15, 0.2) is 0 Å². The highest BCUT2D eigenvalue weighted by Crippen LogP contribution is 2.17. The first-order valence-electron chi connectivity index (χ1n) is 8.00. The van der Waals surface area contributed by atoms with E-state index < -0.39 is 6.10 Å². The van der Waals surface area contributed by atoms with Gasteiger partial charge in [-0.25, -0.2) is 4.39 Å². The lowest BCUT2D eigenvalue weighted by atomic mass is 10.1. The van der Waals surface area contributed by atoms with Crippen LogP contribution in [0.3, 0.4) is 0 Å². The van der Waals surface area contributed by atoms with E-state index in [2.05, 4.69) is 20.4 Å². The molecule has 6 nitrogen and oxygen atoms in total. The second-order valence-corrected chi connectivity index (χ2v) is 5.81. The Morgan fingerprint density at radius 2 is 2.17 bits per heavy atom. The molecule has 1 aliphatic rings. The van der Waals surface area contributed by atoms with E-state index in [1.54, 1.807) is 18.3 Å². The summed E-state index contributed by atoms with van der Waals surface area (Å²) in [6.07, 6.45) is 0.999. The van der Waals surface area contributed by atoms with Crippen LogP contribution in [0.5, 0.6) is 0 Å². The molecule has 2 aromatic rings. The first-order valence-corrected chi connectivity index (χ1v) is 8.00. The van der Waals surface area contributed by atoms with E-state index in [1.165, 1.54) is 12.1 Å². The quantitative estimate of drug-likeness (QED) is 0.835. The minimum Gasteiger partial charge on any atom is -0.387 e. The lowest BCUT2D eigenvalue weighted by Crippen LogP contribution is -2.46. The zero-order valence-corrected chi connectivity index (χ0v) is 13.3. The van der Waals surface area contributed by atoms with Crippen molar-refractivity contribution in [2.24, 2.45) is 0 Å². The third-order valence-electron chi connectivity index (χ3n) is 3.99. The first-order chi connectivity index (χ1) is 11.7. The Morgan fingerprint density at radius 3 is 2.92 bits per heavy atom. The molecular formula is C17H21FN4O2. The lowest BCUT2D eigenvalue weighted by Gasteiger charge is -2.34. The van der Waals surface area contributed by atoms with E-state index in [0.717, 1.165) is 12.1 Å². The molecule has 0 spiro atoms. The van der Waals surface area contributed by atoms with Crippen molar-refractivity contribution >= 4 is 5.82 Å². The van der Waals surface area contributed by atoms with Crippen LogP contribution in [-0.4, -0.2) is 59.1 Å². The van der Waals surface area contributed by atoms with Crippen LogP contribution in [0, 0.1) is 5.82 Å². The number of nitrogens with zero attached hydrogens (tertiary/aromatic N) is 3. The minimum atomic E-state index is -0.641. The predicted molar refractivity (Wildman–Crippen MR) is 88.1 cm³/mol. The summed E-state index contributed by atoms with van der Waals surface area (Å²) in [6, 6.07) is 9.65. The van der Waals surface area contributed by atoms with Crippen LogP contribution in [0.15, 0.2) is 42.6 Å². The molecule has 1 aromatic heterocycles. The van der Waals surface area contributed by atoms with Gasteiger partial charge in [-0.3, -0.25) is 4.90 Å². The third kappa shape index (κ3) is 4.70. The van der Waals surface area contributed by atoms with Gasteiger partial charge in [-0.1, -0.05) is 12.1 Å². The van der Waals surface area contributed by atoms with Crippen LogP contribution in [0.1, 0.15) is 11.7 Å². The molecule has 24 heavy (non-hydrogen) atoms. The van der Waals surface area contributed by atoms with Crippen molar-refractivity contribution in [1.29, 1.82) is 0 Å². The summed E-state index contributed by atoms with van der Waals surface area (Å²) >= 11 is 0. The molecule has 0 unspecified atom stereocenters. The number of morpholine rings is 1. The number of β-amino-alcohol motifs (C(OH)–C–C–N with tert-alkyl or cyclic N) is 1. The maximum absolute atomic E-state index is 13.0. The number of aliphatic hydroxyl groups is 1. The Bertz CT molecular complexity index is 626. The van der Waals surface area contributed by atoms with Crippen LogP contribution >= 0.6 is 0 Å². The standard InChI is InChI=1S/C17H21FN4O2/c18-14-5-3-13(4-6-14)16(23)12-22-8-9-24-15(11-22)10-19-17-2-1-7-20-21-17/h1-7,15-16,23H,8-12H2,(H,19,21)/t15-,16+/m0/s1. The molecule has 0 amide bonds. The number of rotatable bonds is 6. The summed E-state index contributed by atoms with van der Waals surface area (Å²) in [5, 5.41) is 21.3. The Morgan fingerprint density at radius 1 is 1.33 bits per heavy atom. The van der Waals surface area contributed by atoms with Gasteiger partial charge < -0.3 is 15.2 Å². The van der Waals surface area contributed by atoms with E-state index in [0.29, 0.717) is 32.1 Å². The van der Waals surface area contributed by atoms with Crippen molar-refractivity contribution in [3.8, 4) is 0 Å². The summed E-state index contributed by atoms with van der Waals surface area (Å²) in [4.78, 5) is 2.15. The van der Waals surface area contributed by atoms with E-state index in [1.807, 2.05) is 12.1 Å². The van der Waals surface area contributed by atoms with Crippen molar-refractivity contribution in [2.45, 2.75) is 12.2 Å². The second-order valence-electron chi connectivity index (χ2n) is 5.81. The van der Waals surface area contributed by atoms with Crippen LogP contribution in [0.4, 0.5) is 10.2 Å². The SMILES string of the molecule is O[C@H](CN1CCO[C@@H](CNc2cccnn2)C1)c1ccc(F)cc1. The maximum Gasteiger partial charge on any atom is 0.148 e. The average Bonchev–Trinajstić information content (AvgIpc) is 2.62. The van der Waals surface area contributed by atoms with E-state index in [-0.39, 0.29) is 11.9 Å². The minimum absolute atomic E-state index is 0.0150. The molecule has 0 radical (unpaired) electrons. The van der Waals surface area contributed by atoms with E-state index >= 15 is 0 Å². The smallest absolute Gasteiger partial charge is 0.148 e. The number of anilines is 1. The van der Waals surface area contributed by atoms with Gasteiger partial charge >= 0.3 is 0 Å². The number of hydrogen-bond donors (Lipinski definition) is 2. The van der Waals surface area contributed by atoms with Crippen LogP contribution in [0.2, 0.25) is 0 Å². The zero-order chi connectivity index (χ0) is 16.8. The van der Waals surface area contributed by atoms with Crippen molar-refractivity contribution in [1.82, 2.24) is 15.1 Å². The predicted octanol–water partition coefficient (Wildman–Crippen LogP) is 1.46. The molecule has 0 saturated carbocycles. The van der Waals surface area contributed by atoms with E-state index in [9.17, 15) is 9.50 Å². The molecule has 128 valence electrons. The molecule has 1 saturated heterocycles. The Balaban J connectivity index is 1.49. The average molecular weight is 332 g/mol. The highest BCUT2D eigenvalue weighted by atomic mass is 19.1. The molecule has 1 aliphatic heterocycles. The van der Waals surface area contributed by atoms with Crippen molar-refractivity contribution in [3.05, 3.63) is 54.0 Å². The summed E-state index contributed by atoms with van der Waals surface area (Å²) in [7, 11) is 0. The molecule has 0 bridgehead atoms. The molecule has 1 aromatic carbocycles. The maximum atomic E-state index is 13.0. The second kappa shape index (κ2) is 8.14. The van der Waals surface area contributed by atoms with Gasteiger partial charge in [0.2, 0.25) is 0 Å². The third-order valence-corrected chi connectivity index (χ3v) is 3.99. The van der Waals surface area contributed by atoms with Crippen molar-refractivity contribution < 1.29 is 14.2 Å². The number of aromatic nitrogens is 2. The summed E-state index contributed by atoms with van der Waals surface area (Å²) in [6.45, 7) is 3.22. The lowest BCUT2D eigenvalue weighted by molar-refractivity contribution is -0.0344. The molecule has 2 N–H and O–H groups in total. The van der Waals surface area contributed by atoms with Crippen molar-refractivity contribution in [3.63, 3.8) is 0 Å². The topological polar surface area (TPSA) is 70.5 Å². The normalized spacial score (nSPS) is 19.8. The largest absolute Gasteiger partial charge is 0.387 e. The Labute approximate surface area is 140 Å². The van der Waals surface area contributed by atoms with Crippen LogP contribution in [0.25, 0.3) is 0 Å². The van der Waals surface area contributed by atoms with Gasteiger partial charge in [0.25, 0.3) is 0 Å². The highest BCUT2D eigenvalue weighted by molar-refractivity contribution is 5.31. The summed E-state index contributed by atoms with van der Waals surface area (Å²) in [5.41, 5.74) is 0.720. The highest BCUT2D eigenvalue weighted by Gasteiger charge is 2.22. The molecule has 2 atom stereocenters. The molecule has 1 fully saturated rings. The first kappa shape index (κ1) is 16.8. The molecule has 7 heteroatoms. The molecular weight excluding hydrogens is 311 g/mol. The molecule has 2 heterocycles. The number of halogens is 1. The fourth-order valence-electron chi connectivity index (χ4n) is 2.72. The fourth-order valence-corrected chi connectivity index (χ4v) is 2.72. The summed E-state index contributed by atoms with van der Waals surface area (Å²) in [5.74, 6) is 0.414. The van der Waals surface area contributed by atoms with Crippen LogP contribution in [-0.2, 0) is 4.74 Å². The van der Waals surface area contributed by atoms with Crippen LogP contribution < -0.4 is 5.32 Å².